The van der Waals surface area contributed by atoms with E-state index in [0.29, 0.717) is 6.61 Å². The summed E-state index contributed by atoms with van der Waals surface area (Å²) in [7, 11) is 0. The molecule has 1 aliphatic rings. The molecule has 1 N–H and O–H groups in total. The first-order chi connectivity index (χ1) is 13.5. The summed E-state index contributed by atoms with van der Waals surface area (Å²) in [5.74, 6) is 1.10. The number of nitrogens with one attached hydrogen (secondary N) is 1. The summed E-state index contributed by atoms with van der Waals surface area (Å²) in [6, 6.07) is 16.4. The van der Waals surface area contributed by atoms with Gasteiger partial charge in [-0.25, -0.2) is 0 Å². The predicted octanol–water partition coefficient (Wildman–Crippen LogP) is 4.55. The van der Waals surface area contributed by atoms with Crippen LogP contribution in [0.25, 0.3) is 0 Å². The zero-order valence-electron chi connectivity index (χ0n) is 16.7. The molecule has 0 bridgehead atoms. The van der Waals surface area contributed by atoms with Gasteiger partial charge in [-0.3, -0.25) is 9.69 Å². The van der Waals surface area contributed by atoms with Crippen molar-refractivity contribution in [1.82, 2.24) is 10.2 Å². The number of nitrogens with zero attached hydrogens (tertiary/aromatic N) is 1. The van der Waals surface area contributed by atoms with E-state index in [-0.39, 0.29) is 17.9 Å². The summed E-state index contributed by atoms with van der Waals surface area (Å²) < 4.78 is 6.88. The Hall–Kier alpha value is -1.85. The second kappa shape index (κ2) is 10.1. The Kier molecular flexibility index (Phi) is 7.51. The molecule has 150 valence electrons. The Morgan fingerprint density at radius 3 is 2.43 bits per heavy atom. The number of hydrogen-bond donors (Lipinski definition) is 1. The Bertz CT molecular complexity index is 753. The minimum absolute atomic E-state index is 0.00500. The quantitative estimate of drug-likeness (QED) is 0.680. The average molecular weight is 445 g/mol. The van der Waals surface area contributed by atoms with Crippen LogP contribution in [0.4, 0.5) is 0 Å². The number of likely N-dealkylation sites (tertiary alicyclic amines) is 1. The highest BCUT2D eigenvalue weighted by molar-refractivity contribution is 9.10. The molecule has 1 fully saturated rings. The van der Waals surface area contributed by atoms with Gasteiger partial charge in [-0.05, 0) is 69.6 Å². The molecule has 1 saturated heterocycles. The topological polar surface area (TPSA) is 41.6 Å². The van der Waals surface area contributed by atoms with Gasteiger partial charge in [0.05, 0.1) is 6.04 Å². The van der Waals surface area contributed by atoms with Crippen molar-refractivity contribution in [2.45, 2.75) is 39.3 Å². The largest absolute Gasteiger partial charge is 0.491 e. The minimum atomic E-state index is -0.00500. The van der Waals surface area contributed by atoms with Crippen LogP contribution in [0.3, 0.4) is 0 Å². The number of benzene rings is 2. The molecule has 28 heavy (non-hydrogen) atoms. The summed E-state index contributed by atoms with van der Waals surface area (Å²) >= 11 is 3.47. The minimum Gasteiger partial charge on any atom is -0.491 e. The first-order valence-electron chi connectivity index (χ1n) is 9.96. The lowest BCUT2D eigenvalue weighted by molar-refractivity contribution is -0.127. The molecule has 1 amide bonds. The summed E-state index contributed by atoms with van der Waals surface area (Å²) in [5, 5.41) is 3.11. The van der Waals surface area contributed by atoms with Crippen molar-refractivity contribution in [2.24, 2.45) is 5.92 Å². The van der Waals surface area contributed by atoms with Crippen LogP contribution in [0.5, 0.6) is 5.75 Å². The Balaban J connectivity index is 1.38. The lowest BCUT2D eigenvalue weighted by Crippen LogP contribution is -2.44. The van der Waals surface area contributed by atoms with Crippen LogP contribution in [0.1, 0.15) is 30.9 Å². The van der Waals surface area contributed by atoms with Crippen molar-refractivity contribution in [1.29, 1.82) is 0 Å². The highest BCUT2D eigenvalue weighted by atomic mass is 79.9. The van der Waals surface area contributed by atoms with Crippen molar-refractivity contribution in [2.75, 3.05) is 19.7 Å². The number of hydrogen-bond acceptors (Lipinski definition) is 3. The number of aryl methyl sites for hydroxylation is 1. The molecule has 2 aromatic carbocycles. The highest BCUT2D eigenvalue weighted by Gasteiger charge is 2.25. The number of piperidine rings is 1. The molecule has 0 aliphatic carbocycles. The SMILES string of the molecule is Cc1ccc(OCC(C)NC(=O)C2CCN(Cc3ccc(Br)cc3)CC2)cc1. The molecule has 1 heterocycles. The van der Waals surface area contributed by atoms with E-state index in [1.54, 1.807) is 0 Å². The van der Waals surface area contributed by atoms with E-state index >= 15 is 0 Å². The second-order valence-corrected chi connectivity index (χ2v) is 8.63. The van der Waals surface area contributed by atoms with E-state index in [9.17, 15) is 4.79 Å². The van der Waals surface area contributed by atoms with E-state index < -0.39 is 0 Å². The van der Waals surface area contributed by atoms with E-state index in [0.717, 1.165) is 42.7 Å². The average Bonchev–Trinajstić information content (AvgIpc) is 2.70. The lowest BCUT2D eigenvalue weighted by atomic mass is 9.95. The van der Waals surface area contributed by atoms with Gasteiger partial charge >= 0.3 is 0 Å². The van der Waals surface area contributed by atoms with Crippen LogP contribution in [-0.4, -0.2) is 36.5 Å². The molecule has 1 aliphatic heterocycles. The number of halogens is 1. The summed E-state index contributed by atoms with van der Waals surface area (Å²) in [6.07, 6.45) is 1.82. The number of carbonyl (C=O) groups is 1. The number of carbonyl (C=O) groups excluding carboxylic acids is 1. The fourth-order valence-electron chi connectivity index (χ4n) is 3.46. The van der Waals surface area contributed by atoms with Gasteiger partial charge in [0, 0.05) is 16.9 Å². The fraction of sp³-hybridized carbons (Fsp3) is 0.435. The van der Waals surface area contributed by atoms with E-state index in [1.807, 2.05) is 31.2 Å². The van der Waals surface area contributed by atoms with Gasteiger partial charge in [0.1, 0.15) is 12.4 Å². The van der Waals surface area contributed by atoms with Gasteiger partial charge in [0.2, 0.25) is 5.91 Å². The molecule has 4 nitrogen and oxygen atoms in total. The van der Waals surface area contributed by atoms with Crippen molar-refractivity contribution in [3.8, 4) is 5.75 Å². The molecule has 0 spiro atoms. The summed E-state index contributed by atoms with van der Waals surface area (Å²) in [6.45, 7) is 7.40. The maximum Gasteiger partial charge on any atom is 0.223 e. The van der Waals surface area contributed by atoms with Gasteiger partial charge in [0.15, 0.2) is 0 Å². The van der Waals surface area contributed by atoms with E-state index in [1.165, 1.54) is 11.1 Å². The Morgan fingerprint density at radius 2 is 1.79 bits per heavy atom. The molecular formula is C23H29BrN2O2. The first-order valence-corrected chi connectivity index (χ1v) is 10.8. The third-order valence-corrected chi connectivity index (χ3v) is 5.72. The third kappa shape index (κ3) is 6.35. The lowest BCUT2D eigenvalue weighted by Gasteiger charge is -2.31. The molecule has 5 heteroatoms. The van der Waals surface area contributed by atoms with Gasteiger partial charge < -0.3 is 10.1 Å². The maximum absolute atomic E-state index is 12.6. The standard InChI is InChI=1S/C23H29BrN2O2/c1-17-3-9-22(10-4-17)28-16-18(2)25-23(27)20-11-13-26(14-12-20)15-19-5-7-21(24)8-6-19/h3-10,18,20H,11-16H2,1-2H3,(H,25,27). The smallest absolute Gasteiger partial charge is 0.223 e. The summed E-state index contributed by atoms with van der Waals surface area (Å²) in [4.78, 5) is 15.0. The predicted molar refractivity (Wildman–Crippen MR) is 116 cm³/mol. The molecule has 2 aromatic rings. The van der Waals surface area contributed by atoms with Crippen molar-refractivity contribution in [3.05, 3.63) is 64.1 Å². The van der Waals surface area contributed by atoms with Crippen LogP contribution in [0.2, 0.25) is 0 Å². The van der Waals surface area contributed by atoms with Gasteiger partial charge in [-0.15, -0.1) is 0 Å². The number of ether oxygens (including phenoxy) is 1. The number of rotatable bonds is 7. The van der Waals surface area contributed by atoms with Gasteiger partial charge in [-0.1, -0.05) is 45.8 Å². The number of amides is 1. The molecule has 0 radical (unpaired) electrons. The molecule has 1 unspecified atom stereocenters. The fourth-order valence-corrected chi connectivity index (χ4v) is 3.72. The Morgan fingerprint density at radius 1 is 1.14 bits per heavy atom. The highest BCUT2D eigenvalue weighted by Crippen LogP contribution is 2.20. The zero-order valence-corrected chi connectivity index (χ0v) is 18.2. The molecule has 0 aromatic heterocycles. The van der Waals surface area contributed by atoms with Crippen molar-refractivity contribution >= 4 is 21.8 Å². The molecular weight excluding hydrogens is 416 g/mol. The normalized spacial score (nSPS) is 16.5. The first kappa shape index (κ1) is 20.9. The molecule has 3 rings (SSSR count). The zero-order chi connectivity index (χ0) is 19.9. The van der Waals surface area contributed by atoms with Crippen LogP contribution < -0.4 is 10.1 Å². The van der Waals surface area contributed by atoms with Gasteiger partial charge in [0.25, 0.3) is 0 Å². The monoisotopic (exact) mass is 444 g/mol. The van der Waals surface area contributed by atoms with Gasteiger partial charge in [-0.2, -0.15) is 0 Å². The van der Waals surface area contributed by atoms with Crippen LogP contribution in [-0.2, 0) is 11.3 Å². The Labute approximate surface area is 176 Å². The summed E-state index contributed by atoms with van der Waals surface area (Å²) in [5.41, 5.74) is 2.52. The maximum atomic E-state index is 12.6. The van der Waals surface area contributed by atoms with E-state index in [2.05, 4.69) is 57.3 Å². The van der Waals surface area contributed by atoms with Crippen LogP contribution >= 0.6 is 15.9 Å². The van der Waals surface area contributed by atoms with Crippen molar-refractivity contribution in [3.63, 3.8) is 0 Å². The van der Waals surface area contributed by atoms with Crippen LogP contribution in [0, 0.1) is 12.8 Å². The third-order valence-electron chi connectivity index (χ3n) is 5.19. The van der Waals surface area contributed by atoms with Crippen LogP contribution in [0.15, 0.2) is 53.0 Å². The molecule has 0 saturated carbocycles. The second-order valence-electron chi connectivity index (χ2n) is 7.71. The molecule has 1 atom stereocenters. The van der Waals surface area contributed by atoms with E-state index in [4.69, 9.17) is 4.74 Å². The van der Waals surface area contributed by atoms with Crippen molar-refractivity contribution < 1.29 is 9.53 Å².